The highest BCUT2D eigenvalue weighted by molar-refractivity contribution is 7.47. The summed E-state index contributed by atoms with van der Waals surface area (Å²) in [6.07, 6.45) is 72.1. The summed E-state index contributed by atoms with van der Waals surface area (Å²) in [5.41, 5.74) is 5.41. The third kappa shape index (κ3) is 57.6. The van der Waals surface area contributed by atoms with E-state index in [-0.39, 0.29) is 32.3 Å². The van der Waals surface area contributed by atoms with Gasteiger partial charge < -0.3 is 20.1 Å². The van der Waals surface area contributed by atoms with Crippen molar-refractivity contribution in [2.45, 2.75) is 315 Å². The fourth-order valence-electron chi connectivity index (χ4n) is 9.07. The average molecular weight is 1010 g/mol. The first-order valence-electron chi connectivity index (χ1n) is 30.5. The standard InChI is InChI=1S/C61H118NO7P/c1-3-5-7-9-11-13-15-17-19-21-23-25-27-29-31-33-35-37-39-41-43-45-47-49-51-53-56-66-58-60(59-68-70(64,65)67-57-55-62)69-61(63)54-52-50-48-46-44-42-40-38-36-34-32-30-28-26-24-22-20-18-16-14-12-10-8-6-4-2/h16,18,22,24,28,30,60H,3-15,17,19-21,23,25-27,29,31-59,62H2,1-2H3,(H,64,65)/b18-16-,24-22-,30-28-. The van der Waals surface area contributed by atoms with Crippen molar-refractivity contribution in [2.75, 3.05) is 33.0 Å². The summed E-state index contributed by atoms with van der Waals surface area (Å²) < 4.78 is 33.7. The molecule has 0 bridgehead atoms. The van der Waals surface area contributed by atoms with E-state index < -0.39 is 13.9 Å². The summed E-state index contributed by atoms with van der Waals surface area (Å²) >= 11 is 0. The Labute approximate surface area is 435 Å². The molecule has 2 unspecified atom stereocenters. The molecule has 0 saturated carbocycles. The smallest absolute Gasteiger partial charge is 0.457 e. The molecule has 0 radical (unpaired) electrons. The lowest BCUT2D eigenvalue weighted by Crippen LogP contribution is -2.28. The predicted octanol–water partition coefficient (Wildman–Crippen LogP) is 19.7. The van der Waals surface area contributed by atoms with Crippen molar-refractivity contribution in [1.82, 2.24) is 0 Å². The lowest BCUT2D eigenvalue weighted by atomic mass is 10.0. The molecular weight excluding hydrogens is 890 g/mol. The Kier molecular flexibility index (Phi) is 57.5. The van der Waals surface area contributed by atoms with Crippen molar-refractivity contribution in [3.8, 4) is 0 Å². The summed E-state index contributed by atoms with van der Waals surface area (Å²) in [6, 6.07) is 0. The number of unbranched alkanes of at least 4 members (excludes halogenated alkanes) is 40. The third-order valence-corrected chi connectivity index (χ3v) is 14.5. The molecule has 0 spiro atoms. The highest BCUT2D eigenvalue weighted by Crippen LogP contribution is 2.43. The Morgan fingerprint density at radius 1 is 0.429 bits per heavy atom. The van der Waals surface area contributed by atoms with Gasteiger partial charge in [0.2, 0.25) is 0 Å². The lowest BCUT2D eigenvalue weighted by Gasteiger charge is -2.20. The van der Waals surface area contributed by atoms with E-state index in [1.54, 1.807) is 0 Å². The predicted molar refractivity (Wildman–Crippen MR) is 303 cm³/mol. The van der Waals surface area contributed by atoms with Crippen LogP contribution in [0.4, 0.5) is 0 Å². The second-order valence-corrected chi connectivity index (χ2v) is 22.0. The van der Waals surface area contributed by atoms with Crippen LogP contribution in [-0.2, 0) is 27.9 Å². The van der Waals surface area contributed by atoms with Crippen molar-refractivity contribution in [2.24, 2.45) is 5.73 Å². The Morgan fingerprint density at radius 2 is 0.757 bits per heavy atom. The van der Waals surface area contributed by atoms with Gasteiger partial charge in [-0.15, -0.1) is 0 Å². The van der Waals surface area contributed by atoms with Crippen LogP contribution >= 0.6 is 7.82 Å². The van der Waals surface area contributed by atoms with Crippen molar-refractivity contribution >= 4 is 13.8 Å². The topological polar surface area (TPSA) is 117 Å². The van der Waals surface area contributed by atoms with Gasteiger partial charge >= 0.3 is 13.8 Å². The van der Waals surface area contributed by atoms with E-state index in [1.165, 1.54) is 244 Å². The first-order chi connectivity index (χ1) is 34.4. The minimum Gasteiger partial charge on any atom is -0.457 e. The molecule has 0 aliphatic heterocycles. The highest BCUT2D eigenvalue weighted by Gasteiger charge is 2.25. The number of allylic oxidation sites excluding steroid dienone is 6. The second-order valence-electron chi connectivity index (χ2n) is 20.6. The van der Waals surface area contributed by atoms with Gasteiger partial charge in [0, 0.05) is 19.6 Å². The maximum absolute atomic E-state index is 12.7. The first kappa shape index (κ1) is 68.7. The van der Waals surface area contributed by atoms with E-state index in [2.05, 4.69) is 50.3 Å². The van der Waals surface area contributed by atoms with E-state index in [1.807, 2.05) is 0 Å². The van der Waals surface area contributed by atoms with Gasteiger partial charge in [-0.3, -0.25) is 13.8 Å². The summed E-state index contributed by atoms with van der Waals surface area (Å²) in [6.45, 7) is 4.98. The number of esters is 1. The molecule has 0 fully saturated rings. The van der Waals surface area contributed by atoms with E-state index in [0.29, 0.717) is 13.0 Å². The van der Waals surface area contributed by atoms with E-state index in [0.717, 1.165) is 44.9 Å². The van der Waals surface area contributed by atoms with Crippen LogP contribution in [0.15, 0.2) is 36.5 Å². The van der Waals surface area contributed by atoms with Crippen molar-refractivity contribution < 1.29 is 32.8 Å². The van der Waals surface area contributed by atoms with Gasteiger partial charge in [0.05, 0.1) is 19.8 Å². The summed E-state index contributed by atoms with van der Waals surface area (Å²) in [7, 11) is -4.29. The monoisotopic (exact) mass is 1010 g/mol. The number of hydrogen-bond acceptors (Lipinski definition) is 7. The Balaban J connectivity index is 3.84. The zero-order chi connectivity index (χ0) is 50.8. The second kappa shape index (κ2) is 58.6. The molecule has 0 heterocycles. The summed E-state index contributed by atoms with van der Waals surface area (Å²) in [5.74, 6) is -0.328. The number of carbonyl (C=O) groups is 1. The van der Waals surface area contributed by atoms with Crippen LogP contribution in [0.3, 0.4) is 0 Å². The normalized spacial score (nSPS) is 13.4. The fraction of sp³-hybridized carbons (Fsp3) is 0.885. The molecule has 0 aromatic carbocycles. The SMILES string of the molecule is CCCCCCC/C=C\C/C=C\C/C=C\CCCCCCCCCCCCC(=O)OC(COCCCCCCCCCCCCCCCCCCCCCCCCCCCC)COP(=O)(O)OCCN. The molecule has 0 aromatic heterocycles. The summed E-state index contributed by atoms with van der Waals surface area (Å²) in [5, 5.41) is 0. The van der Waals surface area contributed by atoms with Gasteiger partial charge in [-0.2, -0.15) is 0 Å². The van der Waals surface area contributed by atoms with Gasteiger partial charge in [-0.05, 0) is 51.4 Å². The third-order valence-electron chi connectivity index (χ3n) is 13.6. The van der Waals surface area contributed by atoms with Gasteiger partial charge in [0.15, 0.2) is 0 Å². The van der Waals surface area contributed by atoms with Crippen LogP contribution < -0.4 is 5.73 Å². The van der Waals surface area contributed by atoms with E-state index in [9.17, 15) is 14.3 Å². The Morgan fingerprint density at radius 3 is 1.13 bits per heavy atom. The summed E-state index contributed by atoms with van der Waals surface area (Å²) in [4.78, 5) is 22.7. The van der Waals surface area contributed by atoms with Crippen LogP contribution in [0.5, 0.6) is 0 Å². The molecule has 0 rings (SSSR count). The van der Waals surface area contributed by atoms with Crippen molar-refractivity contribution in [3.05, 3.63) is 36.5 Å². The maximum Gasteiger partial charge on any atom is 0.472 e. The Bertz CT molecular complexity index is 1180. The molecule has 9 heteroatoms. The number of phosphoric acid groups is 1. The van der Waals surface area contributed by atoms with E-state index in [4.69, 9.17) is 24.3 Å². The molecular formula is C61H118NO7P. The van der Waals surface area contributed by atoms with Crippen LogP contribution in [0.1, 0.15) is 309 Å². The van der Waals surface area contributed by atoms with Crippen LogP contribution in [-0.4, -0.2) is 49.9 Å². The molecule has 8 nitrogen and oxygen atoms in total. The number of ether oxygens (including phenoxy) is 2. The largest absolute Gasteiger partial charge is 0.472 e. The number of rotatable bonds is 59. The lowest BCUT2D eigenvalue weighted by molar-refractivity contribution is -0.154. The molecule has 0 aliphatic rings. The Hall–Kier alpha value is -1.28. The maximum atomic E-state index is 12.7. The number of hydrogen-bond donors (Lipinski definition) is 2. The van der Waals surface area contributed by atoms with Crippen molar-refractivity contribution in [1.29, 1.82) is 0 Å². The van der Waals surface area contributed by atoms with E-state index >= 15 is 0 Å². The van der Waals surface area contributed by atoms with Gasteiger partial charge in [0.25, 0.3) is 0 Å². The molecule has 2 atom stereocenters. The zero-order valence-corrected chi connectivity index (χ0v) is 47.4. The fourth-order valence-corrected chi connectivity index (χ4v) is 9.83. The van der Waals surface area contributed by atoms with Crippen LogP contribution in [0.2, 0.25) is 0 Å². The number of carbonyl (C=O) groups excluding carboxylic acids is 1. The van der Waals surface area contributed by atoms with Gasteiger partial charge in [-0.1, -0.05) is 288 Å². The molecule has 414 valence electrons. The minimum atomic E-state index is -4.29. The number of nitrogens with two attached hydrogens (primary N) is 1. The van der Waals surface area contributed by atoms with Gasteiger partial charge in [0.1, 0.15) is 6.10 Å². The molecule has 0 saturated heterocycles. The molecule has 0 aromatic rings. The first-order valence-corrected chi connectivity index (χ1v) is 32.0. The molecule has 70 heavy (non-hydrogen) atoms. The molecule has 0 aliphatic carbocycles. The van der Waals surface area contributed by atoms with Crippen LogP contribution in [0, 0.1) is 0 Å². The molecule has 0 amide bonds. The average Bonchev–Trinajstić information content (AvgIpc) is 3.35. The van der Waals surface area contributed by atoms with Crippen LogP contribution in [0.25, 0.3) is 0 Å². The zero-order valence-electron chi connectivity index (χ0n) is 46.5. The highest BCUT2D eigenvalue weighted by atomic mass is 31.2. The quantitative estimate of drug-likeness (QED) is 0.0268. The van der Waals surface area contributed by atoms with Crippen molar-refractivity contribution in [3.63, 3.8) is 0 Å². The number of phosphoric ester groups is 1. The van der Waals surface area contributed by atoms with Gasteiger partial charge in [-0.25, -0.2) is 4.57 Å². The minimum absolute atomic E-state index is 0.0945. The molecule has 3 N–H and O–H groups in total.